The van der Waals surface area contributed by atoms with E-state index in [2.05, 4.69) is 9.97 Å². The fourth-order valence-corrected chi connectivity index (χ4v) is 6.28. The number of sulfonamides is 1. The second-order valence-electron chi connectivity index (χ2n) is 7.69. The third kappa shape index (κ3) is 3.17. The number of aromatic nitrogens is 2. The van der Waals surface area contributed by atoms with Crippen molar-refractivity contribution in [1.82, 2.24) is 9.97 Å². The van der Waals surface area contributed by atoms with Gasteiger partial charge in [-0.25, -0.2) is 22.2 Å². The van der Waals surface area contributed by atoms with Gasteiger partial charge in [0.1, 0.15) is 5.82 Å². The van der Waals surface area contributed by atoms with Crippen LogP contribution in [0.25, 0.3) is 11.0 Å². The van der Waals surface area contributed by atoms with Gasteiger partial charge in [0.05, 0.1) is 28.2 Å². The lowest BCUT2D eigenvalue weighted by molar-refractivity contribution is 0.510. The van der Waals surface area contributed by atoms with Gasteiger partial charge in [-0.05, 0) is 30.9 Å². The first-order valence-electron chi connectivity index (χ1n) is 9.90. The number of para-hydroxylation sites is 1. The van der Waals surface area contributed by atoms with Crippen LogP contribution >= 0.6 is 0 Å². The maximum absolute atomic E-state index is 13.6. The molecule has 30 heavy (non-hydrogen) atoms. The summed E-state index contributed by atoms with van der Waals surface area (Å²) < 4.78 is 55.3. The summed E-state index contributed by atoms with van der Waals surface area (Å²) in [6.07, 6.45) is 3.46. The first-order valence-corrected chi connectivity index (χ1v) is 11.4. The maximum atomic E-state index is 13.6. The van der Waals surface area contributed by atoms with Crippen molar-refractivity contribution in [2.24, 2.45) is 0 Å². The maximum Gasteiger partial charge on any atom is 0.239 e. The minimum Gasteiger partial charge on any atom is -0.354 e. The molecule has 6 nitrogen and oxygen atoms in total. The third-order valence-electron chi connectivity index (χ3n) is 5.85. The Morgan fingerprint density at radius 3 is 2.63 bits per heavy atom. The van der Waals surface area contributed by atoms with Gasteiger partial charge < -0.3 is 4.90 Å². The minimum absolute atomic E-state index is 0.241. The van der Waals surface area contributed by atoms with Crippen molar-refractivity contribution in [3.63, 3.8) is 0 Å². The van der Waals surface area contributed by atoms with E-state index in [-0.39, 0.29) is 17.6 Å². The number of anilines is 2. The van der Waals surface area contributed by atoms with Crippen LogP contribution in [0.4, 0.5) is 20.3 Å². The highest BCUT2D eigenvalue weighted by molar-refractivity contribution is 7.93. The van der Waals surface area contributed by atoms with E-state index in [9.17, 15) is 17.2 Å². The number of fused-ring (bicyclic) bond motifs is 2. The molecule has 156 valence electrons. The highest BCUT2D eigenvalue weighted by Crippen LogP contribution is 2.33. The molecule has 0 aliphatic carbocycles. The molecule has 2 aliphatic heterocycles. The first kappa shape index (κ1) is 19.2. The standard InChI is InChI=1S/C21H20F2N4O2S/c22-16-10-18-19(11-17(16)23)25-21(12-24-18)26-8-3-5-15(13-26)30(28,29)27-9-7-14-4-1-2-6-20(14)27/h1-2,4,6,10-12,15H,3,5,7-9,13H2. The summed E-state index contributed by atoms with van der Waals surface area (Å²) in [5.41, 5.74) is 2.30. The van der Waals surface area contributed by atoms with Gasteiger partial charge >= 0.3 is 0 Å². The number of hydrogen-bond donors (Lipinski definition) is 0. The third-order valence-corrected chi connectivity index (χ3v) is 8.07. The van der Waals surface area contributed by atoms with Crippen LogP contribution in [0.5, 0.6) is 0 Å². The zero-order chi connectivity index (χ0) is 20.9. The molecule has 0 spiro atoms. The summed E-state index contributed by atoms with van der Waals surface area (Å²) in [5, 5.41) is -0.570. The van der Waals surface area contributed by atoms with Crippen LogP contribution in [0.1, 0.15) is 18.4 Å². The Morgan fingerprint density at radius 1 is 1.03 bits per heavy atom. The van der Waals surface area contributed by atoms with E-state index in [0.717, 1.165) is 23.4 Å². The molecule has 1 unspecified atom stereocenters. The van der Waals surface area contributed by atoms with E-state index >= 15 is 0 Å². The molecule has 0 amide bonds. The number of nitrogens with zero attached hydrogens (tertiary/aromatic N) is 4. The van der Waals surface area contributed by atoms with Crippen LogP contribution < -0.4 is 9.21 Å². The van der Waals surface area contributed by atoms with E-state index in [1.807, 2.05) is 29.2 Å². The fraction of sp³-hybridized carbons (Fsp3) is 0.333. The van der Waals surface area contributed by atoms with Crippen LogP contribution in [-0.4, -0.2) is 43.3 Å². The van der Waals surface area contributed by atoms with Gasteiger partial charge in [-0.3, -0.25) is 9.29 Å². The quantitative estimate of drug-likeness (QED) is 0.638. The molecule has 2 aromatic carbocycles. The summed E-state index contributed by atoms with van der Waals surface area (Å²) in [6.45, 7) is 1.37. The van der Waals surface area contributed by atoms with Crippen molar-refractivity contribution in [3.05, 3.63) is 59.8 Å². The summed E-state index contributed by atoms with van der Waals surface area (Å²) in [6, 6.07) is 9.61. The van der Waals surface area contributed by atoms with Crippen molar-refractivity contribution in [1.29, 1.82) is 0 Å². The summed E-state index contributed by atoms with van der Waals surface area (Å²) in [7, 11) is -3.54. The number of hydrogen-bond acceptors (Lipinski definition) is 5. The summed E-state index contributed by atoms with van der Waals surface area (Å²) in [4.78, 5) is 10.4. The number of rotatable bonds is 3. The largest absolute Gasteiger partial charge is 0.354 e. The number of benzene rings is 2. The molecule has 3 aromatic rings. The fourth-order valence-electron chi connectivity index (χ4n) is 4.29. The molecular formula is C21H20F2N4O2S. The van der Waals surface area contributed by atoms with Crippen molar-refractivity contribution >= 4 is 32.6 Å². The SMILES string of the molecule is O=S(=O)(C1CCCN(c2cnc3cc(F)c(F)cc3n2)C1)N1CCc2ccccc21. The number of halogens is 2. The zero-order valence-corrected chi connectivity index (χ0v) is 16.9. The van der Waals surface area contributed by atoms with Gasteiger partial charge in [0.25, 0.3) is 0 Å². The van der Waals surface area contributed by atoms with Gasteiger partial charge in [-0.2, -0.15) is 0 Å². The molecule has 0 N–H and O–H groups in total. The highest BCUT2D eigenvalue weighted by atomic mass is 32.2. The van der Waals surface area contributed by atoms with Crippen molar-refractivity contribution in [2.45, 2.75) is 24.5 Å². The first-order chi connectivity index (χ1) is 14.4. The van der Waals surface area contributed by atoms with E-state index < -0.39 is 26.9 Å². The van der Waals surface area contributed by atoms with E-state index in [0.29, 0.717) is 38.2 Å². The topological polar surface area (TPSA) is 66.4 Å². The molecule has 1 fully saturated rings. The van der Waals surface area contributed by atoms with Crippen LogP contribution in [0.15, 0.2) is 42.6 Å². The average molecular weight is 430 g/mol. The Morgan fingerprint density at radius 2 is 1.80 bits per heavy atom. The van der Waals surface area contributed by atoms with Crippen LogP contribution in [0.3, 0.4) is 0 Å². The van der Waals surface area contributed by atoms with Gasteiger partial charge in [-0.1, -0.05) is 18.2 Å². The lowest BCUT2D eigenvalue weighted by atomic mass is 10.1. The Bertz CT molecular complexity index is 1230. The normalized spacial score (nSPS) is 19.3. The summed E-state index contributed by atoms with van der Waals surface area (Å²) in [5.74, 6) is -1.49. The predicted molar refractivity (Wildman–Crippen MR) is 111 cm³/mol. The Hall–Kier alpha value is -2.81. The highest BCUT2D eigenvalue weighted by Gasteiger charge is 2.38. The van der Waals surface area contributed by atoms with Crippen LogP contribution in [-0.2, 0) is 16.4 Å². The van der Waals surface area contributed by atoms with Crippen molar-refractivity contribution in [2.75, 3.05) is 28.8 Å². The molecule has 0 radical (unpaired) electrons. The lowest BCUT2D eigenvalue weighted by Gasteiger charge is -2.35. The van der Waals surface area contributed by atoms with Gasteiger partial charge in [0.2, 0.25) is 10.0 Å². The molecule has 1 saturated heterocycles. The van der Waals surface area contributed by atoms with Crippen LogP contribution in [0, 0.1) is 11.6 Å². The molecular weight excluding hydrogens is 410 g/mol. The molecule has 0 saturated carbocycles. The molecule has 1 atom stereocenters. The Labute approximate surface area is 173 Å². The van der Waals surface area contributed by atoms with Gasteiger partial charge in [-0.15, -0.1) is 0 Å². The second-order valence-corrected chi connectivity index (χ2v) is 9.83. The average Bonchev–Trinajstić information content (AvgIpc) is 3.19. The van der Waals surface area contributed by atoms with E-state index in [1.165, 1.54) is 10.5 Å². The monoisotopic (exact) mass is 430 g/mol. The predicted octanol–water partition coefficient (Wildman–Crippen LogP) is 3.27. The molecule has 2 aliphatic rings. The van der Waals surface area contributed by atoms with E-state index in [4.69, 9.17) is 0 Å². The second kappa shape index (κ2) is 7.16. The van der Waals surface area contributed by atoms with Gasteiger partial charge in [0, 0.05) is 31.8 Å². The van der Waals surface area contributed by atoms with Crippen LogP contribution in [0.2, 0.25) is 0 Å². The smallest absolute Gasteiger partial charge is 0.239 e. The lowest BCUT2D eigenvalue weighted by Crippen LogP contribution is -2.48. The summed E-state index contributed by atoms with van der Waals surface area (Å²) >= 11 is 0. The zero-order valence-electron chi connectivity index (χ0n) is 16.1. The molecule has 3 heterocycles. The van der Waals surface area contributed by atoms with Crippen molar-refractivity contribution < 1.29 is 17.2 Å². The Kier molecular flexibility index (Phi) is 4.57. The van der Waals surface area contributed by atoms with E-state index in [1.54, 1.807) is 0 Å². The molecule has 1 aromatic heterocycles. The molecule has 9 heteroatoms. The minimum atomic E-state index is -3.54. The Balaban J connectivity index is 1.42. The van der Waals surface area contributed by atoms with Crippen molar-refractivity contribution in [3.8, 4) is 0 Å². The number of piperidine rings is 1. The molecule has 5 rings (SSSR count). The van der Waals surface area contributed by atoms with Gasteiger partial charge in [0.15, 0.2) is 11.6 Å². The molecule has 0 bridgehead atoms.